The minimum atomic E-state index is -0.409. The van der Waals surface area contributed by atoms with Crippen molar-refractivity contribution in [2.24, 2.45) is 0 Å². The lowest BCUT2D eigenvalue weighted by Crippen LogP contribution is -2.47. The standard InChI is InChI=1S/C8H15N3O2S/c1-2-3-4-6(12)10-11-7(13)5-9-8(11)14/h8-9,14H,2-5H2,1H3,(H,10,12). The Morgan fingerprint density at radius 3 is 3.00 bits per heavy atom. The lowest BCUT2D eigenvalue weighted by molar-refractivity contribution is -0.138. The minimum absolute atomic E-state index is 0.136. The van der Waals surface area contributed by atoms with Gasteiger partial charge in [0.15, 0.2) is 0 Å². The third kappa shape index (κ3) is 2.88. The molecule has 1 fully saturated rings. The summed E-state index contributed by atoms with van der Waals surface area (Å²) in [7, 11) is 0. The van der Waals surface area contributed by atoms with Crippen LogP contribution in [0.3, 0.4) is 0 Å². The Morgan fingerprint density at radius 1 is 1.79 bits per heavy atom. The van der Waals surface area contributed by atoms with Gasteiger partial charge in [0, 0.05) is 6.42 Å². The van der Waals surface area contributed by atoms with Gasteiger partial charge in [0.05, 0.1) is 6.54 Å². The van der Waals surface area contributed by atoms with Crippen molar-refractivity contribution in [3.05, 3.63) is 0 Å². The molecule has 1 atom stereocenters. The zero-order valence-electron chi connectivity index (χ0n) is 8.12. The van der Waals surface area contributed by atoms with Crippen LogP contribution in [0.1, 0.15) is 26.2 Å². The van der Waals surface area contributed by atoms with E-state index >= 15 is 0 Å². The molecule has 1 unspecified atom stereocenters. The number of hydrogen-bond acceptors (Lipinski definition) is 4. The third-order valence-electron chi connectivity index (χ3n) is 1.95. The van der Waals surface area contributed by atoms with E-state index in [0.717, 1.165) is 12.8 Å². The average Bonchev–Trinajstić information content (AvgIpc) is 2.46. The number of nitrogens with zero attached hydrogens (tertiary/aromatic N) is 1. The topological polar surface area (TPSA) is 61.4 Å². The fourth-order valence-corrected chi connectivity index (χ4v) is 1.42. The molecule has 1 heterocycles. The van der Waals surface area contributed by atoms with Gasteiger partial charge in [-0.15, -0.1) is 12.6 Å². The van der Waals surface area contributed by atoms with Crippen molar-refractivity contribution in [1.82, 2.24) is 15.8 Å². The fourth-order valence-electron chi connectivity index (χ4n) is 1.14. The van der Waals surface area contributed by atoms with Crippen LogP contribution in [-0.4, -0.2) is 28.9 Å². The maximum Gasteiger partial charge on any atom is 0.257 e. The van der Waals surface area contributed by atoms with Gasteiger partial charge in [0.2, 0.25) is 5.91 Å². The van der Waals surface area contributed by atoms with Crippen molar-refractivity contribution in [2.45, 2.75) is 31.7 Å². The van der Waals surface area contributed by atoms with Crippen molar-refractivity contribution in [3.63, 3.8) is 0 Å². The van der Waals surface area contributed by atoms with Gasteiger partial charge in [-0.3, -0.25) is 20.3 Å². The summed E-state index contributed by atoms with van der Waals surface area (Å²) in [5, 5.41) is 4.03. The lowest BCUT2D eigenvalue weighted by atomic mass is 10.2. The molecule has 0 saturated carbocycles. The highest BCUT2D eigenvalue weighted by Gasteiger charge is 2.28. The highest BCUT2D eigenvalue weighted by Crippen LogP contribution is 2.05. The summed E-state index contributed by atoms with van der Waals surface area (Å²) in [6.45, 7) is 2.24. The van der Waals surface area contributed by atoms with Gasteiger partial charge in [-0.25, -0.2) is 5.01 Å². The number of hydrazine groups is 1. The van der Waals surface area contributed by atoms with Crippen LogP contribution in [0.2, 0.25) is 0 Å². The van der Waals surface area contributed by atoms with Crippen molar-refractivity contribution < 1.29 is 9.59 Å². The first-order valence-corrected chi connectivity index (χ1v) is 5.19. The molecule has 0 aromatic heterocycles. The lowest BCUT2D eigenvalue weighted by Gasteiger charge is -2.20. The van der Waals surface area contributed by atoms with Gasteiger partial charge in [-0.05, 0) is 6.42 Å². The maximum absolute atomic E-state index is 11.3. The Bertz CT molecular complexity index is 235. The molecule has 1 saturated heterocycles. The molecule has 0 bridgehead atoms. The van der Waals surface area contributed by atoms with E-state index in [4.69, 9.17) is 0 Å². The molecule has 80 valence electrons. The van der Waals surface area contributed by atoms with E-state index in [1.54, 1.807) is 0 Å². The van der Waals surface area contributed by atoms with Gasteiger partial charge in [0.1, 0.15) is 5.50 Å². The number of thiol groups is 1. The predicted molar refractivity (Wildman–Crippen MR) is 55.3 cm³/mol. The number of hydrogen-bond donors (Lipinski definition) is 3. The van der Waals surface area contributed by atoms with Gasteiger partial charge >= 0.3 is 0 Å². The molecule has 0 radical (unpaired) electrons. The first-order chi connectivity index (χ1) is 6.65. The van der Waals surface area contributed by atoms with Gasteiger partial charge in [0.25, 0.3) is 5.91 Å². The molecule has 0 aliphatic carbocycles. The summed E-state index contributed by atoms with van der Waals surface area (Å²) in [4.78, 5) is 22.5. The summed E-state index contributed by atoms with van der Waals surface area (Å²) >= 11 is 4.09. The predicted octanol–water partition coefficient (Wildman–Crippen LogP) is -0.147. The first kappa shape index (κ1) is 11.3. The van der Waals surface area contributed by atoms with Gasteiger partial charge in [-0.1, -0.05) is 13.3 Å². The molecular weight excluding hydrogens is 202 g/mol. The second kappa shape index (κ2) is 5.21. The van der Waals surface area contributed by atoms with Crippen LogP contribution in [0.15, 0.2) is 0 Å². The zero-order valence-corrected chi connectivity index (χ0v) is 9.01. The van der Waals surface area contributed by atoms with Crippen LogP contribution in [0.4, 0.5) is 0 Å². The van der Waals surface area contributed by atoms with Crippen LogP contribution in [0.5, 0.6) is 0 Å². The average molecular weight is 217 g/mol. The van der Waals surface area contributed by atoms with Crippen molar-refractivity contribution in [1.29, 1.82) is 0 Å². The van der Waals surface area contributed by atoms with E-state index < -0.39 is 5.50 Å². The van der Waals surface area contributed by atoms with Crippen LogP contribution in [0, 0.1) is 0 Å². The summed E-state index contributed by atoms with van der Waals surface area (Å²) in [5.74, 6) is -0.294. The van der Waals surface area contributed by atoms with E-state index in [1.807, 2.05) is 6.92 Å². The second-order valence-electron chi connectivity index (χ2n) is 3.16. The molecule has 2 N–H and O–H groups in total. The quantitative estimate of drug-likeness (QED) is 0.574. The summed E-state index contributed by atoms with van der Waals surface area (Å²) in [6, 6.07) is 0. The molecule has 6 heteroatoms. The second-order valence-corrected chi connectivity index (χ2v) is 3.65. The van der Waals surface area contributed by atoms with Crippen molar-refractivity contribution in [2.75, 3.05) is 6.54 Å². The van der Waals surface area contributed by atoms with Crippen LogP contribution in [0.25, 0.3) is 0 Å². The highest BCUT2D eigenvalue weighted by molar-refractivity contribution is 7.80. The van der Waals surface area contributed by atoms with Gasteiger partial charge < -0.3 is 0 Å². The Hall–Kier alpha value is -0.750. The number of rotatable bonds is 4. The van der Waals surface area contributed by atoms with Crippen molar-refractivity contribution >= 4 is 24.4 Å². The molecule has 1 aliphatic heterocycles. The van der Waals surface area contributed by atoms with E-state index in [2.05, 4.69) is 23.4 Å². The molecule has 0 aromatic carbocycles. The fraction of sp³-hybridized carbons (Fsp3) is 0.750. The molecule has 1 rings (SSSR count). The molecule has 0 spiro atoms. The SMILES string of the molecule is CCCCC(=O)NN1C(=O)CNC1S. The highest BCUT2D eigenvalue weighted by atomic mass is 32.1. The zero-order chi connectivity index (χ0) is 10.6. The molecule has 0 aromatic rings. The monoisotopic (exact) mass is 217 g/mol. The van der Waals surface area contributed by atoms with Crippen LogP contribution >= 0.6 is 12.6 Å². The largest absolute Gasteiger partial charge is 0.278 e. The molecule has 14 heavy (non-hydrogen) atoms. The number of nitrogens with one attached hydrogen (secondary N) is 2. The Kier molecular flexibility index (Phi) is 4.21. The summed E-state index contributed by atoms with van der Waals surface area (Å²) < 4.78 is 0. The van der Waals surface area contributed by atoms with E-state index in [1.165, 1.54) is 5.01 Å². The molecule has 5 nitrogen and oxygen atoms in total. The maximum atomic E-state index is 11.3. The molecular formula is C8H15N3O2S. The number of unbranched alkanes of at least 4 members (excludes halogenated alkanes) is 1. The van der Waals surface area contributed by atoms with Crippen LogP contribution in [-0.2, 0) is 9.59 Å². The van der Waals surface area contributed by atoms with Gasteiger partial charge in [-0.2, -0.15) is 0 Å². The summed E-state index contributed by atoms with van der Waals surface area (Å²) in [6.07, 6.45) is 2.24. The van der Waals surface area contributed by atoms with E-state index in [-0.39, 0.29) is 18.4 Å². The van der Waals surface area contributed by atoms with Crippen molar-refractivity contribution in [3.8, 4) is 0 Å². The Labute approximate surface area is 88.6 Å². The third-order valence-corrected chi connectivity index (χ3v) is 2.37. The molecule has 2 amide bonds. The Balaban J connectivity index is 2.35. The molecule has 1 aliphatic rings. The Morgan fingerprint density at radius 2 is 2.50 bits per heavy atom. The van der Waals surface area contributed by atoms with E-state index in [9.17, 15) is 9.59 Å². The number of carbonyl (C=O) groups is 2. The first-order valence-electron chi connectivity index (χ1n) is 4.68. The normalized spacial score (nSPS) is 21.4. The van der Waals surface area contributed by atoms with Crippen LogP contribution < -0.4 is 10.7 Å². The smallest absolute Gasteiger partial charge is 0.257 e. The summed E-state index contributed by atoms with van der Waals surface area (Å²) in [5.41, 5.74) is 2.11. The number of carbonyl (C=O) groups excluding carboxylic acids is 2. The van der Waals surface area contributed by atoms with E-state index in [0.29, 0.717) is 6.42 Å². The number of amides is 2. The minimum Gasteiger partial charge on any atom is -0.278 e.